The fourth-order valence-electron chi connectivity index (χ4n) is 2.65. The lowest BCUT2D eigenvalue weighted by molar-refractivity contribution is 0.278. The van der Waals surface area contributed by atoms with Crippen LogP contribution in [0.1, 0.15) is 18.9 Å². The molecule has 1 saturated heterocycles. The summed E-state index contributed by atoms with van der Waals surface area (Å²) >= 11 is 0. The van der Waals surface area contributed by atoms with Gasteiger partial charge >= 0.3 is 0 Å². The first-order valence-electron chi connectivity index (χ1n) is 7.20. The number of hydrogen-bond donors (Lipinski definition) is 2. The fraction of sp³-hybridized carbons (Fsp3) is 0.615. The molecule has 1 aromatic heterocycles. The van der Waals surface area contributed by atoms with Crippen LogP contribution in [0.5, 0.6) is 0 Å². The van der Waals surface area contributed by atoms with Crippen molar-refractivity contribution >= 4 is 11.7 Å². The summed E-state index contributed by atoms with van der Waals surface area (Å²) in [5.74, 6) is 0.741. The summed E-state index contributed by atoms with van der Waals surface area (Å²) in [5, 5.41) is 11.6. The maximum atomic E-state index is 12.4. The standard InChI is InChI=1S/C13H20N6O2/c14-11(16-21)9-17-5-7-18(8-6-17)12-13(20)19(4-3-15-12)10-1-2-10/h3-4,10,21H,1-2,5-9H2,(H2,14,16). The van der Waals surface area contributed by atoms with Crippen molar-refractivity contribution in [1.82, 2.24) is 14.5 Å². The minimum Gasteiger partial charge on any atom is -0.409 e. The van der Waals surface area contributed by atoms with E-state index in [4.69, 9.17) is 10.9 Å². The highest BCUT2D eigenvalue weighted by Gasteiger charge is 2.27. The van der Waals surface area contributed by atoms with Crippen molar-refractivity contribution in [2.45, 2.75) is 18.9 Å². The average molecular weight is 292 g/mol. The van der Waals surface area contributed by atoms with E-state index in [0.29, 0.717) is 18.4 Å². The summed E-state index contributed by atoms with van der Waals surface area (Å²) in [7, 11) is 0. The third-order valence-corrected chi connectivity index (χ3v) is 3.98. The fourth-order valence-corrected chi connectivity index (χ4v) is 2.65. The molecule has 1 aromatic rings. The lowest BCUT2D eigenvalue weighted by Gasteiger charge is -2.34. The Morgan fingerprint density at radius 3 is 2.71 bits per heavy atom. The van der Waals surface area contributed by atoms with Crippen LogP contribution in [0.15, 0.2) is 22.3 Å². The Kier molecular flexibility index (Phi) is 3.78. The van der Waals surface area contributed by atoms with E-state index >= 15 is 0 Å². The molecule has 2 fully saturated rings. The van der Waals surface area contributed by atoms with E-state index in [2.05, 4.69) is 15.0 Å². The number of amidine groups is 1. The van der Waals surface area contributed by atoms with Gasteiger partial charge in [-0.25, -0.2) is 4.98 Å². The molecule has 2 heterocycles. The lowest BCUT2D eigenvalue weighted by Crippen LogP contribution is -2.50. The molecule has 21 heavy (non-hydrogen) atoms. The predicted molar refractivity (Wildman–Crippen MR) is 78.8 cm³/mol. The molecular weight excluding hydrogens is 272 g/mol. The number of aromatic nitrogens is 2. The highest BCUT2D eigenvalue weighted by molar-refractivity contribution is 5.81. The molecule has 0 amide bonds. The van der Waals surface area contributed by atoms with Gasteiger partial charge in [0.2, 0.25) is 0 Å². The quantitative estimate of drug-likeness (QED) is 0.334. The van der Waals surface area contributed by atoms with Gasteiger partial charge in [-0.2, -0.15) is 0 Å². The SMILES string of the molecule is NC(CN1CCN(c2nccn(C3CC3)c2=O)CC1)=NO. The number of nitrogens with zero attached hydrogens (tertiary/aromatic N) is 5. The molecule has 114 valence electrons. The Balaban J connectivity index is 1.67. The monoisotopic (exact) mass is 292 g/mol. The molecule has 0 spiro atoms. The largest absolute Gasteiger partial charge is 0.409 e. The van der Waals surface area contributed by atoms with Crippen molar-refractivity contribution < 1.29 is 5.21 Å². The number of oxime groups is 1. The van der Waals surface area contributed by atoms with Crippen molar-refractivity contribution in [3.8, 4) is 0 Å². The first-order valence-corrected chi connectivity index (χ1v) is 7.20. The molecular formula is C13H20N6O2. The molecule has 1 aliphatic carbocycles. The van der Waals surface area contributed by atoms with Crippen molar-refractivity contribution in [3.63, 3.8) is 0 Å². The van der Waals surface area contributed by atoms with Crippen LogP contribution in [0.25, 0.3) is 0 Å². The van der Waals surface area contributed by atoms with Gasteiger partial charge in [0, 0.05) is 44.6 Å². The van der Waals surface area contributed by atoms with Crippen molar-refractivity contribution in [2.75, 3.05) is 37.6 Å². The van der Waals surface area contributed by atoms with Gasteiger partial charge in [0.05, 0.1) is 6.54 Å². The number of hydrogen-bond acceptors (Lipinski definition) is 6. The summed E-state index contributed by atoms with van der Waals surface area (Å²) in [6, 6.07) is 0.362. The van der Waals surface area contributed by atoms with E-state index in [0.717, 1.165) is 39.0 Å². The van der Waals surface area contributed by atoms with Crippen LogP contribution < -0.4 is 16.2 Å². The van der Waals surface area contributed by atoms with Gasteiger partial charge in [-0.3, -0.25) is 9.69 Å². The molecule has 0 bridgehead atoms. The zero-order valence-corrected chi connectivity index (χ0v) is 11.9. The van der Waals surface area contributed by atoms with Crippen molar-refractivity contribution in [1.29, 1.82) is 0 Å². The molecule has 2 aliphatic rings. The summed E-state index contributed by atoms with van der Waals surface area (Å²) in [4.78, 5) is 20.8. The molecule has 3 N–H and O–H groups in total. The van der Waals surface area contributed by atoms with E-state index in [1.54, 1.807) is 17.0 Å². The van der Waals surface area contributed by atoms with Crippen LogP contribution in [0.4, 0.5) is 5.82 Å². The van der Waals surface area contributed by atoms with Gasteiger partial charge in [-0.15, -0.1) is 0 Å². The Bertz CT molecular complexity index is 587. The molecule has 3 rings (SSSR count). The summed E-state index contributed by atoms with van der Waals surface area (Å²) in [6.07, 6.45) is 5.64. The summed E-state index contributed by atoms with van der Waals surface area (Å²) in [6.45, 7) is 3.40. The maximum Gasteiger partial charge on any atom is 0.293 e. The van der Waals surface area contributed by atoms with E-state index in [-0.39, 0.29) is 11.4 Å². The van der Waals surface area contributed by atoms with Crippen LogP contribution in [0.3, 0.4) is 0 Å². The molecule has 8 heteroatoms. The van der Waals surface area contributed by atoms with Gasteiger partial charge in [0.1, 0.15) is 0 Å². The molecule has 0 radical (unpaired) electrons. The Morgan fingerprint density at radius 2 is 2.10 bits per heavy atom. The van der Waals surface area contributed by atoms with Gasteiger partial charge in [-0.1, -0.05) is 5.16 Å². The Hall–Kier alpha value is -2.09. The van der Waals surface area contributed by atoms with E-state index < -0.39 is 0 Å². The van der Waals surface area contributed by atoms with Crippen LogP contribution in [-0.4, -0.2) is 58.2 Å². The van der Waals surface area contributed by atoms with Gasteiger partial charge in [0.25, 0.3) is 5.56 Å². The number of piperazine rings is 1. The highest BCUT2D eigenvalue weighted by atomic mass is 16.4. The van der Waals surface area contributed by atoms with Crippen LogP contribution in [0, 0.1) is 0 Å². The minimum atomic E-state index is 0.00452. The zero-order chi connectivity index (χ0) is 14.8. The second kappa shape index (κ2) is 5.72. The molecule has 1 aliphatic heterocycles. The Morgan fingerprint density at radius 1 is 1.38 bits per heavy atom. The zero-order valence-electron chi connectivity index (χ0n) is 11.9. The smallest absolute Gasteiger partial charge is 0.293 e. The third kappa shape index (κ3) is 2.99. The van der Waals surface area contributed by atoms with Crippen molar-refractivity contribution in [3.05, 3.63) is 22.7 Å². The molecule has 0 atom stereocenters. The predicted octanol–water partition coefficient (Wildman–Crippen LogP) is -0.553. The average Bonchev–Trinajstić information content (AvgIpc) is 3.33. The van der Waals surface area contributed by atoms with E-state index in [1.807, 2.05) is 4.90 Å². The molecule has 1 saturated carbocycles. The highest BCUT2D eigenvalue weighted by Crippen LogP contribution is 2.33. The lowest BCUT2D eigenvalue weighted by atomic mass is 10.3. The first kappa shape index (κ1) is 13.9. The normalized spacial score (nSPS) is 20.8. The van der Waals surface area contributed by atoms with Gasteiger partial charge in [0.15, 0.2) is 11.7 Å². The molecule has 0 unspecified atom stereocenters. The van der Waals surface area contributed by atoms with E-state index in [1.165, 1.54) is 0 Å². The Labute approximate surface area is 122 Å². The summed E-state index contributed by atoms with van der Waals surface area (Å²) in [5.41, 5.74) is 5.52. The van der Waals surface area contributed by atoms with E-state index in [9.17, 15) is 4.79 Å². The topological polar surface area (TPSA) is 100.0 Å². The number of nitrogens with two attached hydrogens (primary N) is 1. The maximum absolute atomic E-state index is 12.4. The minimum absolute atomic E-state index is 0.00452. The van der Waals surface area contributed by atoms with Crippen LogP contribution >= 0.6 is 0 Å². The molecule has 0 aromatic carbocycles. The van der Waals surface area contributed by atoms with Crippen LogP contribution in [-0.2, 0) is 0 Å². The number of anilines is 1. The second-order valence-corrected chi connectivity index (χ2v) is 5.55. The third-order valence-electron chi connectivity index (χ3n) is 3.98. The molecule has 8 nitrogen and oxygen atoms in total. The number of rotatable bonds is 4. The first-order chi connectivity index (χ1) is 10.2. The van der Waals surface area contributed by atoms with Gasteiger partial charge < -0.3 is 20.4 Å². The van der Waals surface area contributed by atoms with Crippen molar-refractivity contribution in [2.24, 2.45) is 10.9 Å². The summed E-state index contributed by atoms with van der Waals surface area (Å²) < 4.78 is 1.80. The van der Waals surface area contributed by atoms with Gasteiger partial charge in [-0.05, 0) is 12.8 Å². The second-order valence-electron chi connectivity index (χ2n) is 5.55. The van der Waals surface area contributed by atoms with Crippen LogP contribution in [0.2, 0.25) is 0 Å².